The molecule has 0 spiro atoms. The fourth-order valence-electron chi connectivity index (χ4n) is 3.58. The maximum atomic E-state index is 9.08. The zero-order valence-electron chi connectivity index (χ0n) is 13.6. The average molecular weight is 295 g/mol. The minimum Gasteiger partial charge on any atom is -0.361 e. The summed E-state index contributed by atoms with van der Waals surface area (Å²) < 4.78 is 0. The maximum absolute atomic E-state index is 9.08. The number of nitriles is 1. The van der Waals surface area contributed by atoms with Crippen molar-refractivity contribution >= 4 is 10.9 Å². The molecule has 2 aromatic rings. The van der Waals surface area contributed by atoms with Gasteiger partial charge < -0.3 is 9.88 Å². The molecule has 0 amide bonds. The summed E-state index contributed by atoms with van der Waals surface area (Å²) in [4.78, 5) is 5.86. The number of H-pyrrole nitrogens is 1. The third-order valence-electron chi connectivity index (χ3n) is 5.11. The molecule has 1 N–H and O–H groups in total. The molecule has 0 bridgehead atoms. The van der Waals surface area contributed by atoms with Gasteiger partial charge in [0.1, 0.15) is 0 Å². The summed E-state index contributed by atoms with van der Waals surface area (Å²) in [7, 11) is 0. The molecular formula is C19H25N3. The Kier molecular flexibility index (Phi) is 4.49. The van der Waals surface area contributed by atoms with E-state index in [1.807, 2.05) is 18.2 Å². The van der Waals surface area contributed by atoms with Gasteiger partial charge >= 0.3 is 0 Å². The van der Waals surface area contributed by atoms with Crippen molar-refractivity contribution in [3.63, 3.8) is 0 Å². The largest absolute Gasteiger partial charge is 0.361 e. The lowest BCUT2D eigenvalue weighted by Crippen LogP contribution is -2.23. The molecular weight excluding hydrogens is 270 g/mol. The van der Waals surface area contributed by atoms with Gasteiger partial charge in [0.25, 0.3) is 0 Å². The third-order valence-corrected chi connectivity index (χ3v) is 5.11. The lowest BCUT2D eigenvalue weighted by molar-refractivity contribution is 0.294. The van der Waals surface area contributed by atoms with Crippen LogP contribution in [0.25, 0.3) is 10.9 Å². The van der Waals surface area contributed by atoms with E-state index < -0.39 is 0 Å². The second-order valence-electron chi connectivity index (χ2n) is 6.39. The van der Waals surface area contributed by atoms with E-state index in [9.17, 15) is 0 Å². The normalized spacial score (nSPS) is 20.5. The van der Waals surface area contributed by atoms with E-state index in [0.717, 1.165) is 30.1 Å². The molecule has 1 fully saturated rings. The summed E-state index contributed by atoms with van der Waals surface area (Å²) in [6, 6.07) is 8.19. The summed E-state index contributed by atoms with van der Waals surface area (Å²) in [5, 5.41) is 10.3. The topological polar surface area (TPSA) is 42.8 Å². The van der Waals surface area contributed by atoms with Gasteiger partial charge in [0.05, 0.1) is 11.6 Å². The Hall–Kier alpha value is -1.79. The van der Waals surface area contributed by atoms with Gasteiger partial charge in [-0.2, -0.15) is 5.26 Å². The van der Waals surface area contributed by atoms with Crippen molar-refractivity contribution in [2.45, 2.75) is 39.0 Å². The van der Waals surface area contributed by atoms with Crippen molar-refractivity contribution < 1.29 is 0 Å². The number of nitrogens with one attached hydrogen (secondary N) is 1. The molecule has 1 aliphatic carbocycles. The van der Waals surface area contributed by atoms with E-state index in [1.54, 1.807) is 0 Å². The summed E-state index contributed by atoms with van der Waals surface area (Å²) in [6.07, 6.45) is 6.09. The van der Waals surface area contributed by atoms with Crippen LogP contribution in [-0.4, -0.2) is 29.5 Å². The van der Waals surface area contributed by atoms with Crippen molar-refractivity contribution in [3.05, 3.63) is 35.5 Å². The highest BCUT2D eigenvalue weighted by Crippen LogP contribution is 2.51. The molecule has 1 aromatic carbocycles. The van der Waals surface area contributed by atoms with E-state index in [4.69, 9.17) is 5.26 Å². The first-order chi connectivity index (χ1) is 10.8. The highest BCUT2D eigenvalue weighted by atomic mass is 15.1. The molecule has 116 valence electrons. The predicted molar refractivity (Wildman–Crippen MR) is 90.9 cm³/mol. The Morgan fingerprint density at radius 1 is 1.32 bits per heavy atom. The molecule has 1 saturated carbocycles. The van der Waals surface area contributed by atoms with Crippen LogP contribution in [0.4, 0.5) is 0 Å². The summed E-state index contributed by atoms with van der Waals surface area (Å²) >= 11 is 0. The standard InChI is InChI=1S/C19H25N3/c1-3-22(4-2)9-5-6-15-11-16(15)18-13-21-19-8-7-14(12-20)10-17(18)19/h7-8,10,13,15-16,21H,3-6,9,11H2,1-2H3. The Morgan fingerprint density at radius 3 is 2.86 bits per heavy atom. The molecule has 2 unspecified atom stereocenters. The molecule has 3 heteroatoms. The molecule has 1 aliphatic rings. The number of aromatic amines is 1. The highest BCUT2D eigenvalue weighted by molar-refractivity contribution is 5.85. The van der Waals surface area contributed by atoms with Gasteiger partial charge in [-0.25, -0.2) is 0 Å². The monoisotopic (exact) mass is 295 g/mol. The molecule has 0 aliphatic heterocycles. The number of rotatable bonds is 7. The summed E-state index contributed by atoms with van der Waals surface area (Å²) in [6.45, 7) is 8.01. The van der Waals surface area contributed by atoms with Gasteiger partial charge in [-0.1, -0.05) is 13.8 Å². The van der Waals surface area contributed by atoms with Gasteiger partial charge in [-0.3, -0.25) is 0 Å². The van der Waals surface area contributed by atoms with Crippen LogP contribution in [0.3, 0.4) is 0 Å². The van der Waals surface area contributed by atoms with Gasteiger partial charge in [-0.15, -0.1) is 0 Å². The van der Waals surface area contributed by atoms with Gasteiger partial charge in [0.15, 0.2) is 0 Å². The second kappa shape index (κ2) is 6.54. The predicted octanol–water partition coefficient (Wildman–Crippen LogP) is 4.27. The van der Waals surface area contributed by atoms with Crippen LogP contribution < -0.4 is 0 Å². The zero-order chi connectivity index (χ0) is 15.5. The zero-order valence-corrected chi connectivity index (χ0v) is 13.6. The minimum absolute atomic E-state index is 0.694. The maximum Gasteiger partial charge on any atom is 0.0991 e. The number of hydrogen-bond acceptors (Lipinski definition) is 2. The van der Waals surface area contributed by atoms with E-state index in [0.29, 0.717) is 5.92 Å². The fourth-order valence-corrected chi connectivity index (χ4v) is 3.58. The average Bonchev–Trinajstić information content (AvgIpc) is 3.20. The first kappa shape index (κ1) is 15.1. The molecule has 2 atom stereocenters. The first-order valence-electron chi connectivity index (χ1n) is 8.50. The molecule has 1 heterocycles. The van der Waals surface area contributed by atoms with Gasteiger partial charge in [-0.05, 0) is 74.5 Å². The van der Waals surface area contributed by atoms with Crippen molar-refractivity contribution in [1.82, 2.24) is 9.88 Å². The lowest BCUT2D eigenvalue weighted by atomic mass is 10.0. The van der Waals surface area contributed by atoms with E-state index in [-0.39, 0.29) is 0 Å². The number of fused-ring (bicyclic) bond motifs is 1. The fraction of sp³-hybridized carbons (Fsp3) is 0.526. The Bertz CT molecular complexity index is 676. The quantitative estimate of drug-likeness (QED) is 0.829. The van der Waals surface area contributed by atoms with Crippen LogP contribution in [0, 0.1) is 17.2 Å². The van der Waals surface area contributed by atoms with Crippen LogP contribution in [0.15, 0.2) is 24.4 Å². The van der Waals surface area contributed by atoms with Crippen LogP contribution in [0.2, 0.25) is 0 Å². The molecule has 1 aromatic heterocycles. The van der Waals surface area contributed by atoms with E-state index in [1.165, 1.54) is 36.8 Å². The molecule has 3 nitrogen and oxygen atoms in total. The smallest absolute Gasteiger partial charge is 0.0991 e. The summed E-state index contributed by atoms with van der Waals surface area (Å²) in [5.74, 6) is 1.53. The number of hydrogen-bond donors (Lipinski definition) is 1. The third kappa shape index (κ3) is 3.03. The van der Waals surface area contributed by atoms with Crippen LogP contribution in [0.1, 0.15) is 50.2 Å². The Balaban J connectivity index is 1.61. The van der Waals surface area contributed by atoms with Crippen molar-refractivity contribution in [2.75, 3.05) is 19.6 Å². The SMILES string of the molecule is CCN(CC)CCCC1CC1c1c[nH]c2ccc(C#N)cc12. The Labute approximate surface area is 132 Å². The molecule has 22 heavy (non-hydrogen) atoms. The molecule has 0 saturated heterocycles. The van der Waals surface area contributed by atoms with Crippen LogP contribution in [0.5, 0.6) is 0 Å². The highest BCUT2D eigenvalue weighted by Gasteiger charge is 2.38. The number of nitrogens with zero attached hydrogens (tertiary/aromatic N) is 2. The number of aromatic nitrogens is 1. The van der Waals surface area contributed by atoms with Gasteiger partial charge in [0.2, 0.25) is 0 Å². The summed E-state index contributed by atoms with van der Waals surface area (Å²) in [5.41, 5.74) is 3.33. The second-order valence-corrected chi connectivity index (χ2v) is 6.39. The Morgan fingerprint density at radius 2 is 2.14 bits per heavy atom. The first-order valence-corrected chi connectivity index (χ1v) is 8.50. The van der Waals surface area contributed by atoms with Crippen LogP contribution >= 0.6 is 0 Å². The molecule has 3 rings (SSSR count). The van der Waals surface area contributed by atoms with E-state index in [2.05, 4.69) is 36.0 Å². The number of benzene rings is 1. The van der Waals surface area contributed by atoms with Crippen LogP contribution in [-0.2, 0) is 0 Å². The van der Waals surface area contributed by atoms with Crippen molar-refractivity contribution in [3.8, 4) is 6.07 Å². The molecule has 0 radical (unpaired) electrons. The lowest BCUT2D eigenvalue weighted by Gasteiger charge is -2.17. The van der Waals surface area contributed by atoms with E-state index >= 15 is 0 Å². The minimum atomic E-state index is 0.694. The van der Waals surface area contributed by atoms with Gasteiger partial charge in [0, 0.05) is 17.1 Å². The van der Waals surface area contributed by atoms with Crippen molar-refractivity contribution in [2.24, 2.45) is 5.92 Å². The van der Waals surface area contributed by atoms with Crippen molar-refractivity contribution in [1.29, 1.82) is 5.26 Å².